The summed E-state index contributed by atoms with van der Waals surface area (Å²) in [6.45, 7) is 5.85. The summed E-state index contributed by atoms with van der Waals surface area (Å²) in [5.74, 6) is 2.23. The van der Waals surface area contributed by atoms with E-state index in [1.807, 2.05) is 17.0 Å². The number of carbonyl (C=O) groups excluding carboxylic acids is 1. The number of nitrogens with one attached hydrogen (secondary N) is 1. The topological polar surface area (TPSA) is 58.2 Å². The summed E-state index contributed by atoms with van der Waals surface area (Å²) in [4.78, 5) is 22.7. The molecule has 29 heavy (non-hydrogen) atoms. The maximum Gasteiger partial charge on any atom is 0.260 e. The molecule has 1 aliphatic rings. The third kappa shape index (κ3) is 4.61. The van der Waals surface area contributed by atoms with E-state index in [0.29, 0.717) is 5.92 Å². The smallest absolute Gasteiger partial charge is 0.260 e. The van der Waals surface area contributed by atoms with Gasteiger partial charge in [-0.2, -0.15) is 0 Å². The summed E-state index contributed by atoms with van der Waals surface area (Å²) in [5, 5.41) is 0. The molecular weight excluding hydrogens is 362 g/mol. The second-order valence-corrected chi connectivity index (χ2v) is 7.98. The van der Waals surface area contributed by atoms with Crippen molar-refractivity contribution in [1.82, 2.24) is 14.9 Å². The molecular formula is C24H29N3O2. The maximum atomic E-state index is 12.5. The lowest BCUT2D eigenvalue weighted by atomic mass is 9.96. The van der Waals surface area contributed by atoms with Gasteiger partial charge in [0.25, 0.3) is 5.91 Å². The number of aromatic nitrogens is 2. The largest absolute Gasteiger partial charge is 0.484 e. The number of benzene rings is 2. The summed E-state index contributed by atoms with van der Waals surface area (Å²) in [5.41, 5.74) is 4.64. The zero-order valence-electron chi connectivity index (χ0n) is 17.3. The molecule has 0 aliphatic carbocycles. The molecule has 2 heterocycles. The van der Waals surface area contributed by atoms with Gasteiger partial charge in [-0.3, -0.25) is 4.79 Å². The normalized spacial score (nSPS) is 15.0. The molecule has 0 radical (unpaired) electrons. The quantitative estimate of drug-likeness (QED) is 0.668. The van der Waals surface area contributed by atoms with Crippen molar-refractivity contribution >= 4 is 16.9 Å². The molecule has 0 spiro atoms. The average Bonchev–Trinajstić information content (AvgIpc) is 3.16. The fourth-order valence-electron chi connectivity index (χ4n) is 4.02. The van der Waals surface area contributed by atoms with E-state index in [1.54, 1.807) is 0 Å². The molecule has 1 amide bonds. The van der Waals surface area contributed by atoms with Crippen LogP contribution >= 0.6 is 0 Å². The first-order chi connectivity index (χ1) is 14.1. The number of H-pyrrole nitrogens is 1. The Morgan fingerprint density at radius 2 is 1.93 bits per heavy atom. The molecule has 152 valence electrons. The summed E-state index contributed by atoms with van der Waals surface area (Å²) in [6, 6.07) is 14.3. The Labute approximate surface area is 172 Å². The van der Waals surface area contributed by atoms with Gasteiger partial charge in [-0.05, 0) is 61.6 Å². The van der Waals surface area contributed by atoms with E-state index >= 15 is 0 Å². The minimum atomic E-state index is 0.0568. The molecule has 0 unspecified atom stereocenters. The summed E-state index contributed by atoms with van der Waals surface area (Å²) in [7, 11) is 0. The molecule has 4 rings (SSSR count). The Bertz CT molecular complexity index is 969. The van der Waals surface area contributed by atoms with E-state index in [0.717, 1.165) is 61.4 Å². The van der Waals surface area contributed by atoms with E-state index in [4.69, 9.17) is 9.72 Å². The number of aromatic amines is 1. The van der Waals surface area contributed by atoms with Crippen molar-refractivity contribution in [3.63, 3.8) is 0 Å². The SMILES string of the molecule is CCCc1ccc(OCC(=O)N2CCC(c3nc4ccc(C)cc4[nH]3)CC2)cc1. The van der Waals surface area contributed by atoms with Crippen molar-refractivity contribution in [2.24, 2.45) is 0 Å². The number of rotatable bonds is 6. The fraction of sp³-hybridized carbons (Fsp3) is 0.417. The molecule has 0 atom stereocenters. The molecule has 1 saturated heterocycles. The number of likely N-dealkylation sites (tertiary alicyclic amines) is 1. The van der Waals surface area contributed by atoms with Crippen LogP contribution in [0.3, 0.4) is 0 Å². The lowest BCUT2D eigenvalue weighted by molar-refractivity contribution is -0.134. The van der Waals surface area contributed by atoms with Crippen LogP contribution in [0.25, 0.3) is 11.0 Å². The van der Waals surface area contributed by atoms with Gasteiger partial charge in [-0.1, -0.05) is 31.5 Å². The van der Waals surface area contributed by atoms with E-state index in [2.05, 4.69) is 49.2 Å². The lowest BCUT2D eigenvalue weighted by Crippen LogP contribution is -2.40. The van der Waals surface area contributed by atoms with Crippen molar-refractivity contribution in [3.8, 4) is 5.75 Å². The lowest BCUT2D eigenvalue weighted by Gasteiger charge is -2.31. The van der Waals surface area contributed by atoms with E-state index < -0.39 is 0 Å². The standard InChI is InChI=1S/C24H29N3O2/c1-3-4-18-6-8-20(9-7-18)29-16-23(28)27-13-11-19(12-14-27)24-25-21-10-5-17(2)15-22(21)26-24/h5-10,15,19H,3-4,11-14,16H2,1-2H3,(H,25,26). The van der Waals surface area contributed by atoms with Crippen LogP contribution < -0.4 is 4.74 Å². The highest BCUT2D eigenvalue weighted by Gasteiger charge is 2.26. The van der Waals surface area contributed by atoms with Crippen molar-refractivity contribution in [3.05, 3.63) is 59.4 Å². The van der Waals surface area contributed by atoms with Crippen LogP contribution in [-0.4, -0.2) is 40.5 Å². The molecule has 1 N–H and O–H groups in total. The fourth-order valence-corrected chi connectivity index (χ4v) is 4.02. The van der Waals surface area contributed by atoms with Crippen LogP contribution in [0.2, 0.25) is 0 Å². The van der Waals surface area contributed by atoms with Crippen LogP contribution in [0.15, 0.2) is 42.5 Å². The van der Waals surface area contributed by atoms with Crippen molar-refractivity contribution in [2.75, 3.05) is 19.7 Å². The zero-order valence-corrected chi connectivity index (χ0v) is 17.3. The molecule has 3 aromatic rings. The molecule has 0 saturated carbocycles. The monoisotopic (exact) mass is 391 g/mol. The summed E-state index contributed by atoms with van der Waals surface area (Å²) >= 11 is 0. The minimum absolute atomic E-state index is 0.0568. The van der Waals surface area contributed by atoms with E-state index in [-0.39, 0.29) is 12.5 Å². The Kier molecular flexibility index (Phi) is 5.84. The van der Waals surface area contributed by atoms with Gasteiger partial charge in [0.15, 0.2) is 6.61 Å². The summed E-state index contributed by atoms with van der Waals surface area (Å²) < 4.78 is 5.71. The highest BCUT2D eigenvalue weighted by atomic mass is 16.5. The number of hydrogen-bond acceptors (Lipinski definition) is 3. The van der Waals surface area contributed by atoms with Gasteiger partial charge < -0.3 is 14.6 Å². The minimum Gasteiger partial charge on any atom is -0.484 e. The van der Waals surface area contributed by atoms with Crippen molar-refractivity contribution < 1.29 is 9.53 Å². The maximum absolute atomic E-state index is 12.5. The number of fused-ring (bicyclic) bond motifs is 1. The number of amides is 1. The first-order valence-corrected chi connectivity index (χ1v) is 10.6. The zero-order chi connectivity index (χ0) is 20.2. The van der Waals surface area contributed by atoms with Gasteiger partial charge in [0.1, 0.15) is 11.6 Å². The van der Waals surface area contributed by atoms with Crippen LogP contribution in [-0.2, 0) is 11.2 Å². The number of piperidine rings is 1. The molecule has 1 aliphatic heterocycles. The van der Waals surface area contributed by atoms with Crippen LogP contribution in [0, 0.1) is 6.92 Å². The van der Waals surface area contributed by atoms with Gasteiger partial charge in [0.05, 0.1) is 11.0 Å². The Balaban J connectivity index is 1.28. The van der Waals surface area contributed by atoms with Crippen molar-refractivity contribution in [1.29, 1.82) is 0 Å². The molecule has 2 aromatic carbocycles. The van der Waals surface area contributed by atoms with Crippen LogP contribution in [0.5, 0.6) is 5.75 Å². The number of hydrogen-bond donors (Lipinski definition) is 1. The van der Waals surface area contributed by atoms with Crippen LogP contribution in [0.1, 0.15) is 49.1 Å². The highest BCUT2D eigenvalue weighted by molar-refractivity contribution is 5.78. The number of carbonyl (C=O) groups is 1. The third-order valence-corrected chi connectivity index (χ3v) is 5.71. The third-order valence-electron chi connectivity index (χ3n) is 5.71. The second-order valence-electron chi connectivity index (χ2n) is 7.98. The Morgan fingerprint density at radius 1 is 1.17 bits per heavy atom. The first-order valence-electron chi connectivity index (χ1n) is 10.6. The average molecular weight is 392 g/mol. The predicted octanol–water partition coefficient (Wildman–Crippen LogP) is 4.61. The number of ether oxygens (including phenoxy) is 1. The predicted molar refractivity (Wildman–Crippen MR) is 115 cm³/mol. The second kappa shape index (κ2) is 8.68. The molecule has 0 bridgehead atoms. The molecule has 1 aromatic heterocycles. The van der Waals surface area contributed by atoms with Crippen LogP contribution in [0.4, 0.5) is 0 Å². The number of imidazole rings is 1. The van der Waals surface area contributed by atoms with Gasteiger partial charge in [-0.25, -0.2) is 4.98 Å². The Morgan fingerprint density at radius 3 is 2.66 bits per heavy atom. The van der Waals surface area contributed by atoms with Gasteiger partial charge in [0.2, 0.25) is 0 Å². The highest BCUT2D eigenvalue weighted by Crippen LogP contribution is 2.28. The number of nitrogens with zero attached hydrogens (tertiary/aromatic N) is 2. The van der Waals surface area contributed by atoms with Crippen molar-refractivity contribution in [2.45, 2.75) is 45.4 Å². The molecule has 1 fully saturated rings. The molecule has 5 nitrogen and oxygen atoms in total. The van der Waals surface area contributed by atoms with E-state index in [1.165, 1.54) is 11.1 Å². The van der Waals surface area contributed by atoms with Gasteiger partial charge >= 0.3 is 0 Å². The first kappa shape index (κ1) is 19.5. The Hall–Kier alpha value is -2.82. The molecule has 5 heteroatoms. The number of aryl methyl sites for hydroxylation is 2. The van der Waals surface area contributed by atoms with Gasteiger partial charge in [0, 0.05) is 19.0 Å². The van der Waals surface area contributed by atoms with Gasteiger partial charge in [-0.15, -0.1) is 0 Å². The van der Waals surface area contributed by atoms with E-state index in [9.17, 15) is 4.79 Å². The summed E-state index contributed by atoms with van der Waals surface area (Å²) in [6.07, 6.45) is 4.05.